The van der Waals surface area contributed by atoms with Gasteiger partial charge in [0.15, 0.2) is 5.82 Å². The summed E-state index contributed by atoms with van der Waals surface area (Å²) in [7, 11) is 0. The van der Waals surface area contributed by atoms with Gasteiger partial charge in [-0.05, 0) is 13.0 Å². The molecule has 1 saturated heterocycles. The van der Waals surface area contributed by atoms with E-state index < -0.39 is 0 Å². The summed E-state index contributed by atoms with van der Waals surface area (Å²) in [6.07, 6.45) is 0. The Labute approximate surface area is 82.9 Å². The monoisotopic (exact) mass is 194 g/mol. The molecule has 2 heterocycles. The molecule has 5 nitrogen and oxygen atoms in total. The summed E-state index contributed by atoms with van der Waals surface area (Å²) >= 11 is 0. The third-order valence-electron chi connectivity index (χ3n) is 2.28. The van der Waals surface area contributed by atoms with Crippen molar-refractivity contribution in [2.75, 3.05) is 36.9 Å². The molecule has 1 aromatic heterocycles. The van der Waals surface area contributed by atoms with Gasteiger partial charge < -0.3 is 15.4 Å². The van der Waals surface area contributed by atoms with Gasteiger partial charge in [0, 0.05) is 13.1 Å². The number of hydrogen-bond donors (Lipinski definition) is 1. The molecule has 0 aliphatic carbocycles. The van der Waals surface area contributed by atoms with Crippen molar-refractivity contribution in [3.8, 4) is 0 Å². The number of morpholine rings is 1. The molecule has 0 bridgehead atoms. The number of nitrogen functional groups attached to an aromatic ring is 1. The Morgan fingerprint density at radius 2 is 2.07 bits per heavy atom. The zero-order valence-electron chi connectivity index (χ0n) is 8.23. The predicted octanol–water partition coefficient (Wildman–Crippen LogP) is 0.204. The van der Waals surface area contributed by atoms with Gasteiger partial charge in [-0.2, -0.15) is 5.10 Å². The normalized spacial score (nSPS) is 17.1. The average molecular weight is 194 g/mol. The van der Waals surface area contributed by atoms with Crippen LogP contribution in [-0.4, -0.2) is 36.5 Å². The fourth-order valence-corrected chi connectivity index (χ4v) is 1.54. The van der Waals surface area contributed by atoms with E-state index in [-0.39, 0.29) is 0 Å². The van der Waals surface area contributed by atoms with Crippen molar-refractivity contribution < 1.29 is 4.74 Å². The van der Waals surface area contributed by atoms with Crippen LogP contribution in [0.15, 0.2) is 6.07 Å². The summed E-state index contributed by atoms with van der Waals surface area (Å²) in [6.45, 7) is 5.16. The van der Waals surface area contributed by atoms with Crippen LogP contribution in [0.4, 0.5) is 11.5 Å². The first-order valence-electron chi connectivity index (χ1n) is 4.70. The number of rotatable bonds is 1. The fraction of sp³-hybridized carbons (Fsp3) is 0.556. The molecule has 0 spiro atoms. The molecule has 0 aromatic carbocycles. The summed E-state index contributed by atoms with van der Waals surface area (Å²) in [5, 5.41) is 7.80. The van der Waals surface area contributed by atoms with Crippen LogP contribution in [0.5, 0.6) is 0 Å². The van der Waals surface area contributed by atoms with Crippen LogP contribution in [0.3, 0.4) is 0 Å². The minimum absolute atomic E-state index is 0.498. The first-order valence-corrected chi connectivity index (χ1v) is 4.70. The van der Waals surface area contributed by atoms with Gasteiger partial charge in [0.25, 0.3) is 0 Å². The minimum atomic E-state index is 0.498. The molecule has 76 valence electrons. The molecule has 1 aliphatic heterocycles. The number of hydrogen-bond acceptors (Lipinski definition) is 5. The molecule has 1 fully saturated rings. The Kier molecular flexibility index (Phi) is 2.49. The van der Waals surface area contributed by atoms with Gasteiger partial charge in [-0.1, -0.05) is 0 Å². The van der Waals surface area contributed by atoms with E-state index in [0.717, 1.165) is 37.7 Å². The first-order chi connectivity index (χ1) is 6.77. The van der Waals surface area contributed by atoms with Crippen molar-refractivity contribution in [3.63, 3.8) is 0 Å². The number of aromatic nitrogens is 2. The smallest absolute Gasteiger partial charge is 0.169 e. The third kappa shape index (κ3) is 1.77. The third-order valence-corrected chi connectivity index (χ3v) is 2.28. The Morgan fingerprint density at radius 3 is 2.79 bits per heavy atom. The van der Waals surface area contributed by atoms with Crippen molar-refractivity contribution in [2.24, 2.45) is 0 Å². The van der Waals surface area contributed by atoms with Crippen molar-refractivity contribution >= 4 is 11.5 Å². The summed E-state index contributed by atoms with van der Waals surface area (Å²) < 4.78 is 5.27. The zero-order chi connectivity index (χ0) is 9.97. The maximum atomic E-state index is 5.76. The second-order valence-corrected chi connectivity index (χ2v) is 3.36. The van der Waals surface area contributed by atoms with Gasteiger partial charge in [-0.3, -0.25) is 0 Å². The van der Waals surface area contributed by atoms with Crippen molar-refractivity contribution in [1.82, 2.24) is 10.2 Å². The molecular formula is C9H14N4O. The first kappa shape index (κ1) is 9.21. The SMILES string of the molecule is Cc1cc(N2CCOCC2)c(N)nn1. The molecule has 0 atom stereocenters. The summed E-state index contributed by atoms with van der Waals surface area (Å²) in [4.78, 5) is 2.18. The van der Waals surface area contributed by atoms with E-state index in [0.29, 0.717) is 5.82 Å². The molecule has 0 amide bonds. The van der Waals surface area contributed by atoms with E-state index in [1.54, 1.807) is 0 Å². The maximum Gasteiger partial charge on any atom is 0.169 e. The molecule has 0 saturated carbocycles. The van der Waals surface area contributed by atoms with Gasteiger partial charge in [0.2, 0.25) is 0 Å². The summed E-state index contributed by atoms with van der Waals surface area (Å²) in [6, 6.07) is 1.97. The second kappa shape index (κ2) is 3.79. The zero-order valence-corrected chi connectivity index (χ0v) is 8.23. The van der Waals surface area contributed by atoms with Crippen LogP contribution >= 0.6 is 0 Å². The Bertz CT molecular complexity index is 323. The van der Waals surface area contributed by atoms with E-state index in [4.69, 9.17) is 10.5 Å². The molecule has 2 N–H and O–H groups in total. The predicted molar refractivity (Wildman–Crippen MR) is 54.2 cm³/mol. The number of nitrogens with two attached hydrogens (primary N) is 1. The number of aryl methyl sites for hydroxylation is 1. The standard InChI is InChI=1S/C9H14N4O/c1-7-6-8(9(10)12-11-7)13-2-4-14-5-3-13/h6H,2-5H2,1H3,(H2,10,12). The molecule has 1 aliphatic rings. The quantitative estimate of drug-likeness (QED) is 0.692. The van der Waals surface area contributed by atoms with E-state index in [9.17, 15) is 0 Å². The van der Waals surface area contributed by atoms with Crippen molar-refractivity contribution in [2.45, 2.75) is 6.92 Å². The molecule has 0 radical (unpaired) electrons. The summed E-state index contributed by atoms with van der Waals surface area (Å²) in [5.74, 6) is 0.498. The highest BCUT2D eigenvalue weighted by Gasteiger charge is 2.14. The second-order valence-electron chi connectivity index (χ2n) is 3.36. The molecule has 14 heavy (non-hydrogen) atoms. The number of ether oxygens (including phenoxy) is 1. The lowest BCUT2D eigenvalue weighted by atomic mass is 10.3. The van der Waals surface area contributed by atoms with Crippen LogP contribution in [0, 0.1) is 6.92 Å². The van der Waals surface area contributed by atoms with Crippen LogP contribution in [-0.2, 0) is 4.74 Å². The Balaban J connectivity index is 2.24. The lowest BCUT2D eigenvalue weighted by Gasteiger charge is -2.29. The number of nitrogens with zero attached hydrogens (tertiary/aromatic N) is 3. The molecular weight excluding hydrogens is 180 g/mol. The highest BCUT2D eigenvalue weighted by molar-refractivity contribution is 5.63. The fourth-order valence-electron chi connectivity index (χ4n) is 1.54. The largest absolute Gasteiger partial charge is 0.380 e. The van der Waals surface area contributed by atoms with Gasteiger partial charge in [-0.15, -0.1) is 5.10 Å². The Morgan fingerprint density at radius 1 is 1.36 bits per heavy atom. The number of anilines is 2. The minimum Gasteiger partial charge on any atom is -0.380 e. The van der Waals surface area contributed by atoms with E-state index in [1.165, 1.54) is 0 Å². The maximum absolute atomic E-state index is 5.76. The average Bonchev–Trinajstić information content (AvgIpc) is 2.23. The highest BCUT2D eigenvalue weighted by atomic mass is 16.5. The molecule has 0 unspecified atom stereocenters. The van der Waals surface area contributed by atoms with Crippen LogP contribution in [0.1, 0.15) is 5.69 Å². The highest BCUT2D eigenvalue weighted by Crippen LogP contribution is 2.21. The molecule has 2 rings (SSSR count). The molecule has 1 aromatic rings. The van der Waals surface area contributed by atoms with Gasteiger partial charge in [-0.25, -0.2) is 0 Å². The van der Waals surface area contributed by atoms with Crippen LogP contribution < -0.4 is 10.6 Å². The Hall–Kier alpha value is -1.36. The van der Waals surface area contributed by atoms with Crippen molar-refractivity contribution in [3.05, 3.63) is 11.8 Å². The van der Waals surface area contributed by atoms with Gasteiger partial charge >= 0.3 is 0 Å². The van der Waals surface area contributed by atoms with E-state index in [2.05, 4.69) is 15.1 Å². The summed E-state index contributed by atoms with van der Waals surface area (Å²) in [5.41, 5.74) is 7.63. The van der Waals surface area contributed by atoms with Crippen LogP contribution in [0.25, 0.3) is 0 Å². The van der Waals surface area contributed by atoms with Gasteiger partial charge in [0.1, 0.15) is 0 Å². The topological polar surface area (TPSA) is 64.3 Å². The van der Waals surface area contributed by atoms with E-state index in [1.807, 2.05) is 13.0 Å². The lowest BCUT2D eigenvalue weighted by molar-refractivity contribution is 0.122. The van der Waals surface area contributed by atoms with Crippen LogP contribution in [0.2, 0.25) is 0 Å². The molecule has 5 heteroatoms. The van der Waals surface area contributed by atoms with Gasteiger partial charge in [0.05, 0.1) is 24.6 Å². The van der Waals surface area contributed by atoms with Crippen molar-refractivity contribution in [1.29, 1.82) is 0 Å². The van der Waals surface area contributed by atoms with E-state index >= 15 is 0 Å². The lowest BCUT2D eigenvalue weighted by Crippen LogP contribution is -2.36.